The topological polar surface area (TPSA) is 45.9 Å². The zero-order valence-electron chi connectivity index (χ0n) is 14.3. The van der Waals surface area contributed by atoms with Crippen molar-refractivity contribution >= 4 is 11.7 Å². The zero-order valence-corrected chi connectivity index (χ0v) is 14.3. The third kappa shape index (κ3) is 4.19. The number of benzene rings is 1. The van der Waals surface area contributed by atoms with Crippen molar-refractivity contribution in [2.75, 3.05) is 38.2 Å². The van der Waals surface area contributed by atoms with E-state index in [0.717, 1.165) is 6.07 Å². The maximum Gasteiger partial charge on any atom is 0.416 e. The van der Waals surface area contributed by atoms with Gasteiger partial charge in [0.2, 0.25) is 5.76 Å². The lowest BCUT2D eigenvalue weighted by Crippen LogP contribution is -2.46. The number of carbonyl (C=O) groups is 1. The van der Waals surface area contributed by atoms with Crippen LogP contribution in [0.2, 0.25) is 0 Å². The maximum atomic E-state index is 12.9. The molecule has 140 valence electrons. The third-order valence-electron chi connectivity index (χ3n) is 4.34. The quantitative estimate of drug-likeness (QED) is 0.774. The number of hydrogen-bond acceptors (Lipinski definition) is 5. The maximum absolute atomic E-state index is 12.9. The van der Waals surface area contributed by atoms with Crippen LogP contribution in [-0.2, 0) is 17.5 Å². The Hall–Kier alpha value is -2.48. The minimum absolute atomic E-state index is 0.158. The van der Waals surface area contributed by atoms with Crippen LogP contribution >= 0.6 is 0 Å². The van der Waals surface area contributed by atoms with Gasteiger partial charge in [0.25, 0.3) is 0 Å². The Morgan fingerprint density at radius 2 is 1.88 bits per heavy atom. The van der Waals surface area contributed by atoms with Gasteiger partial charge in [0, 0.05) is 31.9 Å². The van der Waals surface area contributed by atoms with E-state index in [1.807, 2.05) is 4.90 Å². The molecule has 0 unspecified atom stereocenters. The van der Waals surface area contributed by atoms with E-state index in [4.69, 9.17) is 4.42 Å². The Morgan fingerprint density at radius 3 is 2.54 bits per heavy atom. The van der Waals surface area contributed by atoms with Crippen molar-refractivity contribution in [3.63, 3.8) is 0 Å². The first-order chi connectivity index (χ1) is 12.4. The van der Waals surface area contributed by atoms with Crippen LogP contribution in [-0.4, -0.2) is 44.2 Å². The highest BCUT2D eigenvalue weighted by molar-refractivity contribution is 5.86. The number of anilines is 1. The van der Waals surface area contributed by atoms with E-state index in [0.29, 0.717) is 44.2 Å². The lowest BCUT2D eigenvalue weighted by Gasteiger charge is -2.35. The largest absolute Gasteiger partial charge is 0.463 e. The summed E-state index contributed by atoms with van der Waals surface area (Å²) in [4.78, 5) is 15.5. The van der Waals surface area contributed by atoms with Gasteiger partial charge in [-0.05, 0) is 30.3 Å². The third-order valence-corrected chi connectivity index (χ3v) is 4.34. The van der Waals surface area contributed by atoms with Gasteiger partial charge in [-0.2, -0.15) is 13.2 Å². The molecule has 1 aliphatic rings. The number of piperazine rings is 1. The van der Waals surface area contributed by atoms with Crippen molar-refractivity contribution in [3.8, 4) is 0 Å². The minimum atomic E-state index is -4.34. The summed E-state index contributed by atoms with van der Waals surface area (Å²) < 4.78 is 48.6. The van der Waals surface area contributed by atoms with Crippen LogP contribution in [0.4, 0.5) is 18.9 Å². The lowest BCUT2D eigenvalue weighted by atomic mass is 10.1. The van der Waals surface area contributed by atoms with Gasteiger partial charge in [0.1, 0.15) is 5.76 Å². The highest BCUT2D eigenvalue weighted by Crippen LogP contribution is 2.32. The molecule has 3 rings (SSSR count). The number of halogens is 3. The van der Waals surface area contributed by atoms with Gasteiger partial charge >= 0.3 is 12.1 Å². The Morgan fingerprint density at radius 1 is 1.15 bits per heavy atom. The highest BCUT2D eigenvalue weighted by Gasteiger charge is 2.31. The molecule has 0 N–H and O–H groups in total. The summed E-state index contributed by atoms with van der Waals surface area (Å²) in [6, 6.07) is 8.69. The first-order valence-corrected chi connectivity index (χ1v) is 8.18. The van der Waals surface area contributed by atoms with Crippen molar-refractivity contribution in [3.05, 3.63) is 53.5 Å². The van der Waals surface area contributed by atoms with Gasteiger partial charge in [-0.1, -0.05) is 6.07 Å². The molecule has 26 heavy (non-hydrogen) atoms. The van der Waals surface area contributed by atoms with Crippen molar-refractivity contribution in [1.29, 1.82) is 0 Å². The van der Waals surface area contributed by atoms with Crippen LogP contribution in [0.15, 0.2) is 40.8 Å². The first kappa shape index (κ1) is 18.3. The molecule has 5 nitrogen and oxygen atoms in total. The van der Waals surface area contributed by atoms with Gasteiger partial charge in [-0.15, -0.1) is 0 Å². The number of esters is 1. The Labute approximate surface area is 148 Å². The number of rotatable bonds is 4. The fraction of sp³-hybridized carbons (Fsp3) is 0.389. The molecule has 1 aromatic heterocycles. The molecule has 0 aliphatic carbocycles. The van der Waals surface area contributed by atoms with Crippen LogP contribution in [0.25, 0.3) is 0 Å². The number of carbonyl (C=O) groups excluding carboxylic acids is 1. The molecule has 2 heterocycles. The fourth-order valence-corrected chi connectivity index (χ4v) is 2.94. The van der Waals surface area contributed by atoms with E-state index in [2.05, 4.69) is 9.64 Å². The van der Waals surface area contributed by atoms with E-state index in [9.17, 15) is 18.0 Å². The highest BCUT2D eigenvalue weighted by atomic mass is 19.4. The second-order valence-electron chi connectivity index (χ2n) is 6.07. The molecule has 1 aliphatic heterocycles. The summed E-state index contributed by atoms with van der Waals surface area (Å²) in [6.07, 6.45) is -4.34. The van der Waals surface area contributed by atoms with Crippen LogP contribution in [0.5, 0.6) is 0 Å². The lowest BCUT2D eigenvalue weighted by molar-refractivity contribution is -0.137. The number of ether oxygens (including phenoxy) is 1. The van der Waals surface area contributed by atoms with Crippen LogP contribution in [0.1, 0.15) is 21.9 Å². The summed E-state index contributed by atoms with van der Waals surface area (Å²) in [5, 5.41) is 0. The van der Waals surface area contributed by atoms with Crippen molar-refractivity contribution in [2.24, 2.45) is 0 Å². The van der Waals surface area contributed by atoms with Gasteiger partial charge in [-0.3, -0.25) is 4.90 Å². The van der Waals surface area contributed by atoms with Gasteiger partial charge in [0.15, 0.2) is 0 Å². The zero-order chi connectivity index (χ0) is 18.7. The van der Waals surface area contributed by atoms with E-state index in [-0.39, 0.29) is 5.76 Å². The van der Waals surface area contributed by atoms with Crippen LogP contribution in [0, 0.1) is 0 Å². The second kappa shape index (κ2) is 7.41. The first-order valence-electron chi connectivity index (χ1n) is 8.18. The summed E-state index contributed by atoms with van der Waals surface area (Å²) in [6.45, 7) is 3.14. The van der Waals surface area contributed by atoms with Crippen molar-refractivity contribution in [2.45, 2.75) is 12.7 Å². The SMILES string of the molecule is COC(=O)c1ccc(CN2CCN(c3cccc(C(F)(F)F)c3)CC2)o1. The normalized spacial score (nSPS) is 15.9. The summed E-state index contributed by atoms with van der Waals surface area (Å²) in [7, 11) is 1.29. The molecule has 0 spiro atoms. The molecule has 0 radical (unpaired) electrons. The fourth-order valence-electron chi connectivity index (χ4n) is 2.94. The van der Waals surface area contributed by atoms with Crippen molar-refractivity contribution < 1.29 is 27.1 Å². The molecule has 0 amide bonds. The number of nitrogens with zero attached hydrogens (tertiary/aromatic N) is 2. The molecule has 0 atom stereocenters. The molecule has 8 heteroatoms. The monoisotopic (exact) mass is 368 g/mol. The predicted octanol–water partition coefficient (Wildman–Crippen LogP) is 3.41. The molecule has 2 aromatic rings. The minimum Gasteiger partial charge on any atom is -0.463 e. The standard InChI is InChI=1S/C18H19F3N2O3/c1-25-17(24)16-6-5-15(26-16)12-22-7-9-23(10-8-22)14-4-2-3-13(11-14)18(19,20)21/h2-6,11H,7-10,12H2,1H3. The molecule has 1 fully saturated rings. The van der Waals surface area contributed by atoms with E-state index < -0.39 is 17.7 Å². The number of furan rings is 1. The van der Waals surface area contributed by atoms with Crippen molar-refractivity contribution in [1.82, 2.24) is 4.90 Å². The van der Waals surface area contributed by atoms with E-state index >= 15 is 0 Å². The summed E-state index contributed by atoms with van der Waals surface area (Å²) in [5.74, 6) is 0.286. The number of hydrogen-bond donors (Lipinski definition) is 0. The molecule has 0 bridgehead atoms. The summed E-state index contributed by atoms with van der Waals surface area (Å²) in [5.41, 5.74) is -0.0613. The molecular weight excluding hydrogens is 349 g/mol. The Bertz CT molecular complexity index is 765. The summed E-state index contributed by atoms with van der Waals surface area (Å²) >= 11 is 0. The van der Waals surface area contributed by atoms with Gasteiger partial charge in [0.05, 0.1) is 19.2 Å². The molecule has 0 saturated carbocycles. The second-order valence-corrected chi connectivity index (χ2v) is 6.07. The van der Waals surface area contributed by atoms with Gasteiger partial charge in [-0.25, -0.2) is 4.79 Å². The smallest absolute Gasteiger partial charge is 0.416 e. The van der Waals surface area contributed by atoms with Crippen LogP contribution in [0.3, 0.4) is 0 Å². The average molecular weight is 368 g/mol. The predicted molar refractivity (Wildman–Crippen MR) is 89.0 cm³/mol. The molecular formula is C18H19F3N2O3. The number of methoxy groups -OCH3 is 1. The van der Waals surface area contributed by atoms with E-state index in [1.165, 1.54) is 19.2 Å². The van der Waals surface area contributed by atoms with Crippen LogP contribution < -0.4 is 4.90 Å². The molecule has 1 saturated heterocycles. The average Bonchev–Trinajstić information content (AvgIpc) is 3.09. The molecule has 1 aromatic carbocycles. The van der Waals surface area contributed by atoms with E-state index in [1.54, 1.807) is 18.2 Å². The van der Waals surface area contributed by atoms with Gasteiger partial charge < -0.3 is 14.1 Å². The Balaban J connectivity index is 1.58. The Kier molecular flexibility index (Phi) is 5.22. The number of alkyl halides is 3.